The number of hydrogen-bond acceptors (Lipinski definition) is 4. The summed E-state index contributed by atoms with van der Waals surface area (Å²) in [6, 6.07) is 2.99. The number of nitrogens with one attached hydrogen (secondary N) is 2. The summed E-state index contributed by atoms with van der Waals surface area (Å²) in [6.07, 6.45) is 1.89. The van der Waals surface area contributed by atoms with E-state index in [0.29, 0.717) is 17.1 Å². The Labute approximate surface area is 140 Å². The highest BCUT2D eigenvalue weighted by Gasteiger charge is 2.25. The molecule has 1 aliphatic heterocycles. The molecule has 1 aromatic rings. The molecule has 8 heteroatoms. The molecule has 1 aromatic carbocycles. The van der Waals surface area contributed by atoms with Crippen LogP contribution in [0, 0.1) is 0 Å². The molecule has 2 N–H and O–H groups in total. The van der Waals surface area contributed by atoms with E-state index in [1.807, 2.05) is 0 Å². The summed E-state index contributed by atoms with van der Waals surface area (Å²) in [5.74, 6) is 1.89. The van der Waals surface area contributed by atoms with Crippen molar-refractivity contribution < 1.29 is 8.42 Å². The maximum Gasteiger partial charge on any atom is 0.242 e. The summed E-state index contributed by atoms with van der Waals surface area (Å²) in [5, 5.41) is 3.57. The molecule has 0 spiro atoms. The monoisotopic (exact) mass is 368 g/mol. The van der Waals surface area contributed by atoms with Gasteiger partial charge in [-0.3, -0.25) is 0 Å². The minimum atomic E-state index is -3.63. The van der Waals surface area contributed by atoms with Crippen LogP contribution < -0.4 is 10.0 Å². The highest BCUT2D eigenvalue weighted by atomic mass is 35.5. The second-order valence-electron chi connectivity index (χ2n) is 4.94. The van der Waals surface area contributed by atoms with Gasteiger partial charge in [-0.2, -0.15) is 11.8 Å². The van der Waals surface area contributed by atoms with Gasteiger partial charge in [0.2, 0.25) is 10.0 Å². The molecule has 1 unspecified atom stereocenters. The fraction of sp³-hybridized carbons (Fsp3) is 0.538. The van der Waals surface area contributed by atoms with Gasteiger partial charge >= 0.3 is 0 Å². The van der Waals surface area contributed by atoms with Crippen molar-refractivity contribution in [1.82, 2.24) is 10.0 Å². The fourth-order valence-electron chi connectivity index (χ4n) is 2.22. The van der Waals surface area contributed by atoms with Crippen molar-refractivity contribution in [1.29, 1.82) is 0 Å². The van der Waals surface area contributed by atoms with Gasteiger partial charge < -0.3 is 5.32 Å². The Bertz CT molecular complexity index is 602. The first kappa shape index (κ1) is 17.4. The van der Waals surface area contributed by atoms with Gasteiger partial charge in [-0.05, 0) is 43.3 Å². The Morgan fingerprint density at radius 2 is 2.10 bits per heavy atom. The van der Waals surface area contributed by atoms with Crippen LogP contribution in [0.25, 0.3) is 0 Å². The molecule has 0 bridgehead atoms. The maximum atomic E-state index is 12.5. The van der Waals surface area contributed by atoms with E-state index in [0.717, 1.165) is 24.3 Å². The molecule has 1 saturated heterocycles. The van der Waals surface area contributed by atoms with Gasteiger partial charge in [0.15, 0.2) is 0 Å². The predicted octanol–water partition coefficient (Wildman–Crippen LogP) is 2.89. The molecule has 4 nitrogen and oxygen atoms in total. The molecule has 0 aromatic heterocycles. The first-order valence-electron chi connectivity index (χ1n) is 6.66. The zero-order chi connectivity index (χ0) is 15.5. The van der Waals surface area contributed by atoms with Crippen LogP contribution >= 0.6 is 35.0 Å². The second kappa shape index (κ2) is 7.53. The zero-order valence-electron chi connectivity index (χ0n) is 11.7. The van der Waals surface area contributed by atoms with Crippen LogP contribution in [-0.4, -0.2) is 33.0 Å². The van der Waals surface area contributed by atoms with Crippen molar-refractivity contribution in [2.45, 2.75) is 30.3 Å². The summed E-state index contributed by atoms with van der Waals surface area (Å²) >= 11 is 13.9. The molecule has 1 heterocycles. The van der Waals surface area contributed by atoms with Crippen molar-refractivity contribution >= 4 is 45.0 Å². The third-order valence-electron chi connectivity index (χ3n) is 3.24. The van der Waals surface area contributed by atoms with E-state index in [-0.39, 0.29) is 16.0 Å². The van der Waals surface area contributed by atoms with E-state index in [1.54, 1.807) is 24.9 Å². The van der Waals surface area contributed by atoms with E-state index >= 15 is 0 Å². The number of thioether (sulfide) groups is 1. The van der Waals surface area contributed by atoms with Crippen LogP contribution in [0.4, 0.5) is 0 Å². The fourth-order valence-corrected chi connectivity index (χ4v) is 5.53. The van der Waals surface area contributed by atoms with Crippen molar-refractivity contribution in [2.75, 3.05) is 18.6 Å². The molecule has 0 saturated carbocycles. The lowest BCUT2D eigenvalue weighted by molar-refractivity contribution is 0.543. The highest BCUT2D eigenvalue weighted by molar-refractivity contribution is 7.99. The highest BCUT2D eigenvalue weighted by Crippen LogP contribution is 2.29. The number of rotatable bonds is 5. The second-order valence-corrected chi connectivity index (χ2v) is 8.59. The lowest BCUT2D eigenvalue weighted by Gasteiger charge is -2.22. The molecular weight excluding hydrogens is 351 g/mol. The first-order valence-corrected chi connectivity index (χ1v) is 10.1. The molecule has 2 rings (SSSR count). The van der Waals surface area contributed by atoms with Crippen LogP contribution in [-0.2, 0) is 16.6 Å². The quantitative estimate of drug-likeness (QED) is 0.838. The van der Waals surface area contributed by atoms with Gasteiger partial charge in [0.1, 0.15) is 4.90 Å². The number of sulfonamides is 1. The molecule has 1 atom stereocenters. The van der Waals surface area contributed by atoms with E-state index in [4.69, 9.17) is 23.2 Å². The molecule has 0 amide bonds. The molecule has 1 fully saturated rings. The third-order valence-corrected chi connectivity index (χ3v) is 6.79. The Balaban J connectivity index is 2.27. The third kappa shape index (κ3) is 4.50. The summed E-state index contributed by atoms with van der Waals surface area (Å²) in [7, 11) is -1.86. The van der Waals surface area contributed by atoms with Gasteiger partial charge in [-0.15, -0.1) is 0 Å². The van der Waals surface area contributed by atoms with E-state index in [9.17, 15) is 8.42 Å². The zero-order valence-corrected chi connectivity index (χ0v) is 14.8. The minimum absolute atomic E-state index is 0.0340. The van der Waals surface area contributed by atoms with Gasteiger partial charge in [0, 0.05) is 23.4 Å². The van der Waals surface area contributed by atoms with Crippen molar-refractivity contribution in [3.63, 3.8) is 0 Å². The van der Waals surface area contributed by atoms with E-state index in [1.165, 1.54) is 6.07 Å². The molecule has 118 valence electrons. The topological polar surface area (TPSA) is 58.2 Å². The lowest BCUT2D eigenvalue weighted by atomic mass is 10.2. The Kier molecular flexibility index (Phi) is 6.23. The average molecular weight is 369 g/mol. The summed E-state index contributed by atoms with van der Waals surface area (Å²) in [4.78, 5) is 0.0920. The predicted molar refractivity (Wildman–Crippen MR) is 89.9 cm³/mol. The summed E-state index contributed by atoms with van der Waals surface area (Å²) < 4.78 is 27.8. The van der Waals surface area contributed by atoms with E-state index in [2.05, 4.69) is 10.0 Å². The first-order chi connectivity index (χ1) is 9.94. The average Bonchev–Trinajstić information content (AvgIpc) is 2.42. The number of halogens is 2. The van der Waals surface area contributed by atoms with Gasteiger partial charge in [-0.1, -0.05) is 23.2 Å². The lowest BCUT2D eigenvalue weighted by Crippen LogP contribution is -2.38. The Morgan fingerprint density at radius 3 is 2.71 bits per heavy atom. The maximum absolute atomic E-state index is 12.5. The number of benzene rings is 1. The largest absolute Gasteiger partial charge is 0.316 e. The molecule has 0 aliphatic carbocycles. The van der Waals surface area contributed by atoms with Crippen LogP contribution in [0.15, 0.2) is 17.0 Å². The smallest absolute Gasteiger partial charge is 0.242 e. The number of hydrogen-bond donors (Lipinski definition) is 2. The molecule has 0 radical (unpaired) electrons. The normalized spacial score (nSPS) is 19.7. The standard InChI is InChI=1S/C13H18Cl2N2O2S2/c1-16-7-9-5-13(12(15)6-11(9)14)21(18,19)17-10-3-2-4-20-8-10/h5-6,10,16-17H,2-4,7-8H2,1H3. The van der Waals surface area contributed by atoms with Crippen molar-refractivity contribution in [3.8, 4) is 0 Å². The van der Waals surface area contributed by atoms with Crippen LogP contribution in [0.5, 0.6) is 0 Å². The minimum Gasteiger partial charge on any atom is -0.316 e. The molecule has 21 heavy (non-hydrogen) atoms. The Morgan fingerprint density at radius 1 is 1.33 bits per heavy atom. The van der Waals surface area contributed by atoms with Crippen LogP contribution in [0.2, 0.25) is 10.0 Å². The molecular formula is C13H18Cl2N2O2S2. The van der Waals surface area contributed by atoms with Crippen molar-refractivity contribution in [3.05, 3.63) is 27.7 Å². The van der Waals surface area contributed by atoms with Crippen molar-refractivity contribution in [2.24, 2.45) is 0 Å². The molecule has 1 aliphatic rings. The summed E-state index contributed by atoms with van der Waals surface area (Å²) in [6.45, 7) is 0.484. The van der Waals surface area contributed by atoms with Gasteiger partial charge in [-0.25, -0.2) is 13.1 Å². The SMILES string of the molecule is CNCc1cc(S(=O)(=O)NC2CCCSC2)c(Cl)cc1Cl. The van der Waals surface area contributed by atoms with Gasteiger partial charge in [0.05, 0.1) is 5.02 Å². The van der Waals surface area contributed by atoms with Gasteiger partial charge in [0.25, 0.3) is 0 Å². The Hall–Kier alpha value is 0.0200. The van der Waals surface area contributed by atoms with Crippen LogP contribution in [0.1, 0.15) is 18.4 Å². The van der Waals surface area contributed by atoms with Crippen LogP contribution in [0.3, 0.4) is 0 Å². The van der Waals surface area contributed by atoms with E-state index < -0.39 is 10.0 Å². The summed E-state index contributed by atoms with van der Waals surface area (Å²) in [5.41, 5.74) is 0.710.